The largest absolute Gasteiger partial charge is 0.467 e. The number of anilines is 1. The maximum atomic E-state index is 5.59. The van der Waals surface area contributed by atoms with Gasteiger partial charge in [-0.05, 0) is 24.6 Å². The highest BCUT2D eigenvalue weighted by Crippen LogP contribution is 2.18. The average Bonchev–Trinajstić information content (AvgIpc) is 3.27. The molecule has 2 aromatic heterocycles. The quantitative estimate of drug-likeness (QED) is 0.385. The molecule has 0 aliphatic carbocycles. The Morgan fingerprint density at radius 2 is 2.14 bits per heavy atom. The van der Waals surface area contributed by atoms with Gasteiger partial charge in [0, 0.05) is 51.6 Å². The summed E-state index contributed by atoms with van der Waals surface area (Å²) in [5.41, 5.74) is 1.15. The Morgan fingerprint density at radius 1 is 1.25 bits per heavy atom. The number of hydrogen-bond acceptors (Lipinski definition) is 6. The molecule has 0 spiro atoms. The molecule has 0 atom stereocenters. The number of morpholine rings is 1. The third kappa shape index (κ3) is 6.24. The van der Waals surface area contributed by atoms with E-state index in [0.29, 0.717) is 19.8 Å². The van der Waals surface area contributed by atoms with Gasteiger partial charge in [0.25, 0.3) is 0 Å². The van der Waals surface area contributed by atoms with Crippen molar-refractivity contribution < 1.29 is 13.9 Å². The lowest BCUT2D eigenvalue weighted by Gasteiger charge is -2.29. The number of guanidine groups is 1. The summed E-state index contributed by atoms with van der Waals surface area (Å²) in [7, 11) is 1.77. The molecule has 0 unspecified atom stereocenters. The number of furan rings is 1. The fraction of sp³-hybridized carbons (Fsp3) is 0.500. The topological polar surface area (TPSA) is 84.2 Å². The van der Waals surface area contributed by atoms with Crippen LogP contribution in [-0.2, 0) is 22.6 Å². The molecule has 2 aromatic rings. The van der Waals surface area contributed by atoms with E-state index in [0.717, 1.165) is 62.4 Å². The Labute approximate surface area is 165 Å². The third-order valence-corrected chi connectivity index (χ3v) is 4.43. The molecule has 0 aromatic carbocycles. The smallest absolute Gasteiger partial charge is 0.191 e. The van der Waals surface area contributed by atoms with Crippen molar-refractivity contribution in [2.45, 2.75) is 19.6 Å². The summed E-state index contributed by atoms with van der Waals surface area (Å²) in [4.78, 5) is 11.1. The second kappa shape index (κ2) is 11.3. The molecule has 0 bridgehead atoms. The number of ether oxygens (including phenoxy) is 2. The number of pyridine rings is 1. The lowest BCUT2D eigenvalue weighted by atomic mass is 10.2. The zero-order valence-electron chi connectivity index (χ0n) is 16.4. The zero-order chi connectivity index (χ0) is 19.4. The van der Waals surface area contributed by atoms with Crippen molar-refractivity contribution in [3.63, 3.8) is 0 Å². The van der Waals surface area contributed by atoms with Crippen LogP contribution in [0.1, 0.15) is 17.7 Å². The van der Waals surface area contributed by atoms with Gasteiger partial charge < -0.3 is 29.4 Å². The first-order valence-corrected chi connectivity index (χ1v) is 9.68. The van der Waals surface area contributed by atoms with Gasteiger partial charge in [0.15, 0.2) is 5.96 Å². The molecule has 28 heavy (non-hydrogen) atoms. The maximum absolute atomic E-state index is 5.59. The van der Waals surface area contributed by atoms with Crippen molar-refractivity contribution in [1.82, 2.24) is 15.6 Å². The summed E-state index contributed by atoms with van der Waals surface area (Å²) in [6.07, 6.45) is 4.38. The van der Waals surface area contributed by atoms with Gasteiger partial charge in [-0.25, -0.2) is 4.98 Å². The molecular formula is C20H29N5O3. The van der Waals surface area contributed by atoms with Gasteiger partial charge in [-0.2, -0.15) is 0 Å². The zero-order valence-corrected chi connectivity index (χ0v) is 16.4. The van der Waals surface area contributed by atoms with Gasteiger partial charge in [-0.3, -0.25) is 4.99 Å². The van der Waals surface area contributed by atoms with Crippen molar-refractivity contribution >= 4 is 11.8 Å². The second-order valence-electron chi connectivity index (χ2n) is 6.42. The van der Waals surface area contributed by atoms with Crippen LogP contribution in [0.3, 0.4) is 0 Å². The van der Waals surface area contributed by atoms with Crippen molar-refractivity contribution in [3.8, 4) is 0 Å². The first kappa shape index (κ1) is 20.2. The number of aromatic nitrogens is 1. The lowest BCUT2D eigenvalue weighted by molar-refractivity contribution is 0.105. The highest BCUT2D eigenvalue weighted by molar-refractivity contribution is 5.79. The maximum Gasteiger partial charge on any atom is 0.191 e. The van der Waals surface area contributed by atoms with Crippen LogP contribution in [0.25, 0.3) is 0 Å². The van der Waals surface area contributed by atoms with E-state index in [4.69, 9.17) is 13.9 Å². The molecule has 1 saturated heterocycles. The third-order valence-electron chi connectivity index (χ3n) is 4.43. The van der Waals surface area contributed by atoms with Crippen molar-refractivity contribution in [1.29, 1.82) is 0 Å². The Kier molecular flexibility index (Phi) is 8.14. The van der Waals surface area contributed by atoms with Crippen molar-refractivity contribution in [2.24, 2.45) is 4.99 Å². The monoisotopic (exact) mass is 387 g/mol. The summed E-state index contributed by atoms with van der Waals surface area (Å²) in [6.45, 7) is 5.84. The van der Waals surface area contributed by atoms with Gasteiger partial charge >= 0.3 is 0 Å². The fourth-order valence-electron chi connectivity index (χ4n) is 2.98. The molecule has 0 radical (unpaired) electrons. The number of hydrogen-bond donors (Lipinski definition) is 2. The van der Waals surface area contributed by atoms with Crippen molar-refractivity contribution in [3.05, 3.63) is 48.0 Å². The van der Waals surface area contributed by atoms with Crippen LogP contribution < -0.4 is 15.5 Å². The minimum absolute atomic E-state index is 0.505. The Balaban J connectivity index is 1.38. The fourth-order valence-corrected chi connectivity index (χ4v) is 2.98. The molecule has 152 valence electrons. The Bertz CT molecular complexity index is 714. The van der Waals surface area contributed by atoms with E-state index in [-0.39, 0.29) is 0 Å². The highest BCUT2D eigenvalue weighted by atomic mass is 16.5. The van der Waals surface area contributed by atoms with Crippen LogP contribution >= 0.6 is 0 Å². The summed E-state index contributed by atoms with van der Waals surface area (Å²) >= 11 is 0. The van der Waals surface area contributed by atoms with E-state index in [9.17, 15) is 0 Å². The van der Waals surface area contributed by atoms with E-state index in [2.05, 4.69) is 31.6 Å². The summed E-state index contributed by atoms with van der Waals surface area (Å²) in [5.74, 6) is 2.63. The summed E-state index contributed by atoms with van der Waals surface area (Å²) in [5, 5.41) is 6.68. The number of nitrogens with zero attached hydrogens (tertiary/aromatic N) is 3. The predicted octanol–water partition coefficient (Wildman–Crippen LogP) is 1.78. The lowest BCUT2D eigenvalue weighted by Crippen LogP contribution is -2.39. The minimum atomic E-state index is 0.505. The van der Waals surface area contributed by atoms with Crippen LogP contribution in [0.2, 0.25) is 0 Å². The van der Waals surface area contributed by atoms with Gasteiger partial charge in [-0.15, -0.1) is 0 Å². The normalized spacial score (nSPS) is 14.9. The Hall–Kier alpha value is -2.58. The van der Waals surface area contributed by atoms with Gasteiger partial charge in [0.2, 0.25) is 0 Å². The molecular weight excluding hydrogens is 358 g/mol. The van der Waals surface area contributed by atoms with Crippen LogP contribution in [-0.4, -0.2) is 57.4 Å². The van der Waals surface area contributed by atoms with Crippen LogP contribution in [0.15, 0.2) is 46.1 Å². The molecule has 1 fully saturated rings. The van der Waals surface area contributed by atoms with Gasteiger partial charge in [0.05, 0.1) is 19.5 Å². The molecule has 2 N–H and O–H groups in total. The molecule has 1 aliphatic heterocycles. The number of aliphatic imine (C=N–C) groups is 1. The van der Waals surface area contributed by atoms with E-state index in [1.807, 2.05) is 24.4 Å². The molecule has 3 heterocycles. The molecule has 8 heteroatoms. The van der Waals surface area contributed by atoms with Crippen molar-refractivity contribution in [2.75, 3.05) is 51.4 Å². The van der Waals surface area contributed by atoms with E-state index >= 15 is 0 Å². The summed E-state index contributed by atoms with van der Waals surface area (Å²) in [6, 6.07) is 7.84. The summed E-state index contributed by atoms with van der Waals surface area (Å²) < 4.78 is 16.3. The van der Waals surface area contributed by atoms with Crippen LogP contribution in [0, 0.1) is 0 Å². The Morgan fingerprint density at radius 3 is 2.93 bits per heavy atom. The molecule has 3 rings (SSSR count). The first-order chi connectivity index (χ1) is 13.9. The van der Waals surface area contributed by atoms with E-state index in [1.165, 1.54) is 0 Å². The minimum Gasteiger partial charge on any atom is -0.467 e. The average molecular weight is 387 g/mol. The van der Waals surface area contributed by atoms with Gasteiger partial charge in [-0.1, -0.05) is 6.07 Å². The molecule has 0 amide bonds. The molecule has 8 nitrogen and oxygen atoms in total. The van der Waals surface area contributed by atoms with E-state index in [1.54, 1.807) is 13.3 Å². The predicted molar refractivity (Wildman–Crippen MR) is 108 cm³/mol. The number of nitrogens with one attached hydrogen (secondary N) is 2. The standard InChI is InChI=1S/C20H29N5O3/c1-21-20(23-8-4-11-27-16-18-6-3-12-28-18)24-15-17-5-2-7-22-19(17)25-9-13-26-14-10-25/h2-3,5-7,12H,4,8-11,13-16H2,1H3,(H2,21,23,24). The van der Waals surface area contributed by atoms with Crippen LogP contribution in [0.5, 0.6) is 0 Å². The molecule has 1 aliphatic rings. The van der Waals surface area contributed by atoms with E-state index < -0.39 is 0 Å². The highest BCUT2D eigenvalue weighted by Gasteiger charge is 2.15. The first-order valence-electron chi connectivity index (χ1n) is 9.68. The molecule has 0 saturated carbocycles. The van der Waals surface area contributed by atoms with Gasteiger partial charge in [0.1, 0.15) is 18.2 Å². The van der Waals surface area contributed by atoms with Crippen LogP contribution in [0.4, 0.5) is 5.82 Å². The number of rotatable bonds is 9. The second-order valence-corrected chi connectivity index (χ2v) is 6.42. The SMILES string of the molecule is CN=C(NCCCOCc1ccco1)NCc1cccnc1N1CCOCC1.